The first kappa shape index (κ1) is 19.3. The molecule has 2 fully saturated rings. The number of carbonyl (C=O) groups excluding carboxylic acids is 1. The van der Waals surface area contributed by atoms with Gasteiger partial charge in [0.25, 0.3) is 0 Å². The van der Waals surface area contributed by atoms with E-state index in [2.05, 4.69) is 10.3 Å². The van der Waals surface area contributed by atoms with Crippen LogP contribution in [-0.2, 0) is 9.53 Å². The molecule has 0 radical (unpaired) electrons. The van der Waals surface area contributed by atoms with Gasteiger partial charge in [-0.3, -0.25) is 4.79 Å². The second kappa shape index (κ2) is 6.93. The molecule has 7 heteroatoms. The largest absolute Gasteiger partial charge is 0.377 e. The van der Waals surface area contributed by atoms with Gasteiger partial charge in [0, 0.05) is 40.8 Å². The molecule has 1 saturated heterocycles. The number of nitrogens with zero attached hydrogens (tertiary/aromatic N) is 1. The van der Waals surface area contributed by atoms with Crippen molar-refractivity contribution in [3.63, 3.8) is 0 Å². The maximum absolute atomic E-state index is 13.1. The van der Waals surface area contributed by atoms with Gasteiger partial charge in [-0.1, -0.05) is 26.0 Å². The van der Waals surface area contributed by atoms with Crippen LogP contribution < -0.4 is 11.1 Å². The fraction of sp³-hybridized carbons (Fsp3) is 0.474. The van der Waals surface area contributed by atoms with Gasteiger partial charge in [-0.25, -0.2) is 4.98 Å². The van der Waals surface area contributed by atoms with Crippen LogP contribution in [0.2, 0.25) is 0 Å². The van der Waals surface area contributed by atoms with E-state index in [1.54, 1.807) is 17.5 Å². The standard InChI is InChI=1S/C19H23N3O2S.ClH/c1-18(2)15-14(7-4-9-24-15)19(18,20)17(23)22-13-6-3-5-12(11-13)16-21-8-10-25-16;/h3,5-6,8,10-11,14-15H,4,7,9,20H2,1-2H3,(H,22,23);1H. The number of hydrogen-bond donors (Lipinski definition) is 2. The van der Waals surface area contributed by atoms with E-state index in [4.69, 9.17) is 10.5 Å². The highest BCUT2D eigenvalue weighted by molar-refractivity contribution is 7.13. The minimum atomic E-state index is -0.907. The summed E-state index contributed by atoms with van der Waals surface area (Å²) in [6.45, 7) is 4.83. The van der Waals surface area contributed by atoms with Gasteiger partial charge in [0.1, 0.15) is 10.5 Å². The number of amides is 1. The number of benzene rings is 1. The van der Waals surface area contributed by atoms with Crippen LogP contribution in [0.3, 0.4) is 0 Å². The first-order chi connectivity index (χ1) is 11.9. The van der Waals surface area contributed by atoms with Gasteiger partial charge in [-0.15, -0.1) is 23.7 Å². The van der Waals surface area contributed by atoms with Crippen LogP contribution in [0.25, 0.3) is 10.6 Å². The molecule has 4 rings (SSSR count). The van der Waals surface area contributed by atoms with Crippen LogP contribution in [0.4, 0.5) is 5.69 Å². The topological polar surface area (TPSA) is 77.2 Å². The van der Waals surface area contributed by atoms with Crippen LogP contribution in [0.15, 0.2) is 35.8 Å². The number of rotatable bonds is 3. The lowest BCUT2D eigenvalue weighted by molar-refractivity contribution is -0.222. The predicted octanol–water partition coefficient (Wildman–Crippen LogP) is 3.70. The van der Waals surface area contributed by atoms with E-state index >= 15 is 0 Å². The molecule has 1 aromatic heterocycles. The molecule has 2 heterocycles. The van der Waals surface area contributed by atoms with Gasteiger partial charge in [0.2, 0.25) is 5.91 Å². The number of anilines is 1. The number of carbonyl (C=O) groups is 1. The van der Waals surface area contributed by atoms with E-state index in [0.717, 1.165) is 35.7 Å². The first-order valence-corrected chi connectivity index (χ1v) is 9.54. The van der Waals surface area contributed by atoms with E-state index in [0.29, 0.717) is 0 Å². The van der Waals surface area contributed by atoms with Crippen molar-refractivity contribution in [2.24, 2.45) is 17.1 Å². The number of ether oxygens (including phenoxy) is 1. The van der Waals surface area contributed by atoms with Gasteiger partial charge in [0.15, 0.2) is 0 Å². The molecule has 3 unspecified atom stereocenters. The molecule has 5 nitrogen and oxygen atoms in total. The van der Waals surface area contributed by atoms with E-state index in [1.807, 2.05) is 43.5 Å². The van der Waals surface area contributed by atoms with Crippen molar-refractivity contribution in [3.8, 4) is 10.6 Å². The maximum atomic E-state index is 13.1. The quantitative estimate of drug-likeness (QED) is 0.833. The van der Waals surface area contributed by atoms with Gasteiger partial charge in [-0.05, 0) is 25.0 Å². The molecule has 1 aromatic carbocycles. The predicted molar refractivity (Wildman–Crippen MR) is 107 cm³/mol. The fourth-order valence-electron chi connectivity index (χ4n) is 4.37. The number of nitrogens with one attached hydrogen (secondary N) is 1. The van der Waals surface area contributed by atoms with Crippen molar-refractivity contribution < 1.29 is 9.53 Å². The van der Waals surface area contributed by atoms with Crippen molar-refractivity contribution in [1.82, 2.24) is 4.98 Å². The SMILES string of the molecule is CC1(C)C2OCCCC2C1(N)C(=O)Nc1cccc(-c2nccs2)c1.Cl. The summed E-state index contributed by atoms with van der Waals surface area (Å²) in [6.07, 6.45) is 3.75. The summed E-state index contributed by atoms with van der Waals surface area (Å²) in [5.74, 6) is -0.0427. The Morgan fingerprint density at radius 2 is 2.23 bits per heavy atom. The molecule has 3 N–H and O–H groups in total. The Bertz CT molecular complexity index is 796. The lowest BCUT2D eigenvalue weighted by Crippen LogP contribution is -2.81. The zero-order valence-electron chi connectivity index (χ0n) is 14.9. The van der Waals surface area contributed by atoms with Crippen molar-refractivity contribution in [2.75, 3.05) is 11.9 Å². The Morgan fingerprint density at radius 1 is 1.42 bits per heavy atom. The summed E-state index contributed by atoms with van der Waals surface area (Å²) in [7, 11) is 0. The maximum Gasteiger partial charge on any atom is 0.245 e. The molecule has 1 amide bonds. The molecule has 1 aliphatic carbocycles. The third kappa shape index (κ3) is 2.76. The second-order valence-electron chi connectivity index (χ2n) is 7.50. The fourth-order valence-corrected chi connectivity index (χ4v) is 5.00. The number of aromatic nitrogens is 1. The lowest BCUT2D eigenvalue weighted by Gasteiger charge is -2.65. The highest BCUT2D eigenvalue weighted by Gasteiger charge is 2.70. The summed E-state index contributed by atoms with van der Waals surface area (Å²) >= 11 is 1.57. The zero-order chi connectivity index (χ0) is 17.7. The number of thiazole rings is 1. The van der Waals surface area contributed by atoms with E-state index < -0.39 is 5.54 Å². The summed E-state index contributed by atoms with van der Waals surface area (Å²) < 4.78 is 5.89. The number of fused-ring (bicyclic) bond motifs is 1. The van der Waals surface area contributed by atoms with E-state index in [9.17, 15) is 4.79 Å². The Kier molecular flexibility index (Phi) is 5.14. The Labute approximate surface area is 163 Å². The van der Waals surface area contributed by atoms with Crippen molar-refractivity contribution in [1.29, 1.82) is 0 Å². The minimum absolute atomic E-state index is 0. The van der Waals surface area contributed by atoms with Crippen LogP contribution >= 0.6 is 23.7 Å². The molecule has 140 valence electrons. The molecular formula is C19H24ClN3O2S. The number of halogens is 1. The van der Waals surface area contributed by atoms with Gasteiger partial charge >= 0.3 is 0 Å². The average Bonchev–Trinajstić information content (AvgIpc) is 3.16. The zero-order valence-corrected chi connectivity index (χ0v) is 16.5. The van der Waals surface area contributed by atoms with Crippen LogP contribution in [-0.4, -0.2) is 29.1 Å². The molecule has 1 aliphatic heterocycles. The van der Waals surface area contributed by atoms with E-state index in [1.165, 1.54) is 0 Å². The third-order valence-corrected chi connectivity index (χ3v) is 6.68. The van der Waals surface area contributed by atoms with Crippen molar-refractivity contribution >= 4 is 35.3 Å². The lowest BCUT2D eigenvalue weighted by atomic mass is 9.46. The summed E-state index contributed by atoms with van der Waals surface area (Å²) in [6, 6.07) is 7.75. The smallest absolute Gasteiger partial charge is 0.245 e. The Morgan fingerprint density at radius 3 is 2.96 bits per heavy atom. The molecule has 1 saturated carbocycles. The van der Waals surface area contributed by atoms with Crippen LogP contribution in [0.1, 0.15) is 26.7 Å². The second-order valence-corrected chi connectivity index (χ2v) is 8.40. The summed E-state index contributed by atoms with van der Waals surface area (Å²) in [4.78, 5) is 17.4. The van der Waals surface area contributed by atoms with Crippen molar-refractivity contribution in [3.05, 3.63) is 35.8 Å². The highest BCUT2D eigenvalue weighted by atomic mass is 35.5. The molecule has 0 spiro atoms. The summed E-state index contributed by atoms with van der Waals surface area (Å²) in [5, 5.41) is 5.91. The number of hydrogen-bond acceptors (Lipinski definition) is 5. The van der Waals surface area contributed by atoms with Gasteiger partial charge in [-0.2, -0.15) is 0 Å². The first-order valence-electron chi connectivity index (χ1n) is 8.66. The van der Waals surface area contributed by atoms with Gasteiger partial charge < -0.3 is 15.8 Å². The molecule has 2 aromatic rings. The normalized spacial score (nSPS) is 29.0. The molecule has 26 heavy (non-hydrogen) atoms. The Hall–Kier alpha value is -1.47. The molecule has 0 bridgehead atoms. The Balaban J connectivity index is 0.00000196. The summed E-state index contributed by atoms with van der Waals surface area (Å²) in [5.41, 5.74) is 7.11. The monoisotopic (exact) mass is 393 g/mol. The highest BCUT2D eigenvalue weighted by Crippen LogP contribution is 2.57. The minimum Gasteiger partial charge on any atom is -0.377 e. The third-order valence-electron chi connectivity index (χ3n) is 5.86. The van der Waals surface area contributed by atoms with E-state index in [-0.39, 0.29) is 35.8 Å². The molecular weight excluding hydrogens is 370 g/mol. The van der Waals surface area contributed by atoms with Crippen LogP contribution in [0.5, 0.6) is 0 Å². The molecule has 3 atom stereocenters. The average molecular weight is 394 g/mol. The van der Waals surface area contributed by atoms with Crippen molar-refractivity contribution in [2.45, 2.75) is 38.3 Å². The van der Waals surface area contributed by atoms with Gasteiger partial charge in [0.05, 0.1) is 6.10 Å². The molecule has 2 aliphatic rings. The van der Waals surface area contributed by atoms with Crippen LogP contribution in [0, 0.1) is 11.3 Å². The number of nitrogens with two attached hydrogens (primary N) is 1.